The number of alkyl halides is 2. The van der Waals surface area contributed by atoms with Gasteiger partial charge in [0, 0.05) is 25.7 Å². The van der Waals surface area contributed by atoms with Crippen LogP contribution in [0.2, 0.25) is 0 Å². The fourth-order valence-electron chi connectivity index (χ4n) is 2.84. The van der Waals surface area contributed by atoms with Crippen LogP contribution in [0.15, 0.2) is 24.3 Å². The van der Waals surface area contributed by atoms with Crippen molar-refractivity contribution in [2.75, 3.05) is 19.6 Å². The second kappa shape index (κ2) is 7.15. The number of morpholine rings is 1. The Morgan fingerprint density at radius 3 is 2.29 bits per heavy atom. The number of halogens is 2. The number of ether oxygens (including phenoxy) is 2. The summed E-state index contributed by atoms with van der Waals surface area (Å²) in [5.74, 6) is 0.160. The smallest absolute Gasteiger partial charge is 0.387 e. The number of hydrogen-bond acceptors (Lipinski definition) is 4. The van der Waals surface area contributed by atoms with Gasteiger partial charge in [-0.15, -0.1) is 0 Å². The van der Waals surface area contributed by atoms with Crippen LogP contribution in [-0.4, -0.2) is 43.4 Å². The molecule has 4 nitrogen and oxygen atoms in total. The van der Waals surface area contributed by atoms with Crippen molar-refractivity contribution in [3.63, 3.8) is 0 Å². The molecule has 21 heavy (non-hydrogen) atoms. The van der Waals surface area contributed by atoms with Gasteiger partial charge >= 0.3 is 6.61 Å². The van der Waals surface area contributed by atoms with E-state index in [1.54, 1.807) is 24.3 Å². The van der Waals surface area contributed by atoms with E-state index < -0.39 is 6.61 Å². The third-order valence-corrected chi connectivity index (χ3v) is 3.60. The van der Waals surface area contributed by atoms with E-state index >= 15 is 0 Å². The molecule has 118 valence electrons. The summed E-state index contributed by atoms with van der Waals surface area (Å²) in [6.45, 7) is 3.35. The third-order valence-electron chi connectivity index (χ3n) is 3.60. The van der Waals surface area contributed by atoms with Crippen molar-refractivity contribution in [1.29, 1.82) is 0 Å². The van der Waals surface area contributed by atoms with Crippen molar-refractivity contribution in [3.8, 4) is 5.75 Å². The summed E-state index contributed by atoms with van der Waals surface area (Å²) in [5, 5.41) is 0. The molecule has 0 saturated carbocycles. The van der Waals surface area contributed by atoms with E-state index in [-0.39, 0.29) is 24.0 Å². The van der Waals surface area contributed by atoms with Crippen LogP contribution >= 0.6 is 0 Å². The van der Waals surface area contributed by atoms with Crippen LogP contribution in [0.25, 0.3) is 0 Å². The highest BCUT2D eigenvalue weighted by atomic mass is 19.3. The lowest BCUT2D eigenvalue weighted by atomic mass is 10.0. The summed E-state index contributed by atoms with van der Waals surface area (Å²) in [6.07, 6.45) is 0.313. The van der Waals surface area contributed by atoms with Crippen molar-refractivity contribution in [2.24, 2.45) is 5.73 Å². The van der Waals surface area contributed by atoms with Gasteiger partial charge in [-0.2, -0.15) is 8.78 Å². The van der Waals surface area contributed by atoms with Gasteiger partial charge in [0.1, 0.15) is 5.75 Å². The Kier molecular flexibility index (Phi) is 5.50. The molecule has 0 bridgehead atoms. The van der Waals surface area contributed by atoms with E-state index in [9.17, 15) is 8.78 Å². The third kappa shape index (κ3) is 4.36. The highest BCUT2D eigenvalue weighted by molar-refractivity contribution is 5.29. The average molecular weight is 300 g/mol. The number of rotatable bonds is 5. The second-order valence-electron chi connectivity index (χ2n) is 5.41. The maximum Gasteiger partial charge on any atom is 0.387 e. The zero-order valence-electron chi connectivity index (χ0n) is 12.3. The molecule has 1 saturated heterocycles. The zero-order chi connectivity index (χ0) is 15.4. The molecular weight excluding hydrogens is 278 g/mol. The highest BCUT2D eigenvalue weighted by Crippen LogP contribution is 2.26. The molecule has 1 aliphatic rings. The summed E-state index contributed by atoms with van der Waals surface area (Å²) in [6, 6.07) is 6.74. The van der Waals surface area contributed by atoms with Gasteiger partial charge in [-0.3, -0.25) is 4.90 Å². The molecule has 2 rings (SSSR count). The number of benzene rings is 1. The van der Waals surface area contributed by atoms with Crippen LogP contribution in [0.3, 0.4) is 0 Å². The second-order valence-corrected chi connectivity index (χ2v) is 5.41. The van der Waals surface area contributed by atoms with E-state index in [0.717, 1.165) is 18.7 Å². The first-order valence-corrected chi connectivity index (χ1v) is 7.14. The molecule has 1 unspecified atom stereocenters. The predicted octanol–water partition coefficient (Wildman–Crippen LogP) is 2.40. The monoisotopic (exact) mass is 300 g/mol. The molecule has 6 heteroatoms. The molecule has 0 aliphatic carbocycles. The minimum atomic E-state index is -2.80. The van der Waals surface area contributed by atoms with Gasteiger partial charge in [-0.25, -0.2) is 0 Å². The summed E-state index contributed by atoms with van der Waals surface area (Å²) < 4.78 is 34.4. The van der Waals surface area contributed by atoms with Crippen LogP contribution in [0.5, 0.6) is 5.75 Å². The first-order valence-electron chi connectivity index (χ1n) is 7.14. The first-order chi connectivity index (χ1) is 9.99. The minimum Gasteiger partial charge on any atom is -0.435 e. The number of nitrogens with two attached hydrogens (primary N) is 1. The summed E-state index contributed by atoms with van der Waals surface area (Å²) >= 11 is 0. The van der Waals surface area contributed by atoms with E-state index in [0.29, 0.717) is 6.54 Å². The van der Waals surface area contributed by atoms with E-state index in [1.165, 1.54) is 0 Å². The lowest BCUT2D eigenvalue weighted by Crippen LogP contribution is -2.48. The highest BCUT2D eigenvalue weighted by Gasteiger charge is 2.28. The van der Waals surface area contributed by atoms with Crippen LogP contribution in [0.4, 0.5) is 8.78 Å². The van der Waals surface area contributed by atoms with Gasteiger partial charge in [0.15, 0.2) is 0 Å². The SMILES string of the molecule is C[C@@H]1CN(C(CN)c2ccc(OC(F)F)cc2)C[C@H](C)O1. The molecule has 0 radical (unpaired) electrons. The maximum absolute atomic E-state index is 12.2. The Morgan fingerprint density at radius 1 is 1.24 bits per heavy atom. The molecule has 1 heterocycles. The lowest BCUT2D eigenvalue weighted by Gasteiger charge is -2.40. The molecule has 1 aromatic carbocycles. The summed E-state index contributed by atoms with van der Waals surface area (Å²) in [5.41, 5.74) is 6.91. The molecule has 1 aliphatic heterocycles. The fraction of sp³-hybridized carbons (Fsp3) is 0.600. The van der Waals surface area contributed by atoms with Crippen molar-refractivity contribution in [3.05, 3.63) is 29.8 Å². The van der Waals surface area contributed by atoms with E-state index in [4.69, 9.17) is 10.5 Å². The van der Waals surface area contributed by atoms with Crippen molar-refractivity contribution < 1.29 is 18.3 Å². The van der Waals surface area contributed by atoms with Gasteiger partial charge in [0.25, 0.3) is 0 Å². The minimum absolute atomic E-state index is 0.0550. The van der Waals surface area contributed by atoms with Gasteiger partial charge in [-0.1, -0.05) is 12.1 Å². The maximum atomic E-state index is 12.2. The average Bonchev–Trinajstić information content (AvgIpc) is 2.40. The van der Waals surface area contributed by atoms with E-state index in [1.807, 2.05) is 13.8 Å². The van der Waals surface area contributed by atoms with Crippen LogP contribution in [0, 0.1) is 0 Å². The predicted molar refractivity (Wildman–Crippen MR) is 76.5 cm³/mol. The molecule has 1 fully saturated rings. The number of hydrogen-bond donors (Lipinski definition) is 1. The number of nitrogens with zero attached hydrogens (tertiary/aromatic N) is 1. The largest absolute Gasteiger partial charge is 0.435 e. The Balaban J connectivity index is 2.09. The molecule has 2 N–H and O–H groups in total. The summed E-state index contributed by atoms with van der Waals surface area (Å²) in [7, 11) is 0. The normalized spacial score (nSPS) is 25.0. The molecular formula is C15H22F2N2O2. The molecule has 0 spiro atoms. The molecule has 3 atom stereocenters. The van der Waals surface area contributed by atoms with Crippen LogP contribution < -0.4 is 10.5 Å². The van der Waals surface area contributed by atoms with Gasteiger partial charge in [-0.05, 0) is 31.5 Å². The summed E-state index contributed by atoms with van der Waals surface area (Å²) in [4.78, 5) is 2.28. The quantitative estimate of drug-likeness (QED) is 0.907. The zero-order valence-corrected chi connectivity index (χ0v) is 12.3. The van der Waals surface area contributed by atoms with Gasteiger partial charge in [0.2, 0.25) is 0 Å². The molecule has 1 aromatic rings. The van der Waals surface area contributed by atoms with Crippen molar-refractivity contribution in [2.45, 2.75) is 38.7 Å². The Labute approximate surface area is 123 Å². The van der Waals surface area contributed by atoms with Gasteiger partial charge < -0.3 is 15.2 Å². The van der Waals surface area contributed by atoms with Crippen molar-refractivity contribution >= 4 is 0 Å². The Bertz CT molecular complexity index is 432. The molecule has 0 amide bonds. The van der Waals surface area contributed by atoms with E-state index in [2.05, 4.69) is 9.64 Å². The Morgan fingerprint density at radius 2 is 1.81 bits per heavy atom. The first kappa shape index (κ1) is 16.1. The van der Waals surface area contributed by atoms with Crippen LogP contribution in [0.1, 0.15) is 25.5 Å². The van der Waals surface area contributed by atoms with Crippen molar-refractivity contribution in [1.82, 2.24) is 4.90 Å². The molecule has 0 aromatic heterocycles. The fourth-order valence-corrected chi connectivity index (χ4v) is 2.84. The van der Waals surface area contributed by atoms with Gasteiger partial charge in [0.05, 0.1) is 12.2 Å². The topological polar surface area (TPSA) is 47.7 Å². The Hall–Kier alpha value is -1.24. The standard InChI is InChI=1S/C15H22F2N2O2/c1-10-8-19(9-11(2)20-10)14(7-18)12-3-5-13(6-4-12)21-15(16)17/h3-6,10-11,14-15H,7-9,18H2,1-2H3/t10-,11+,14?. The van der Waals surface area contributed by atoms with Crippen LogP contribution in [-0.2, 0) is 4.74 Å². The lowest BCUT2D eigenvalue weighted by molar-refractivity contribution is -0.0799.